The number of rotatable bonds is 5. The van der Waals surface area contributed by atoms with E-state index in [9.17, 15) is 18.0 Å². The van der Waals surface area contributed by atoms with Gasteiger partial charge in [0.2, 0.25) is 15.9 Å². The molecule has 1 saturated heterocycles. The highest BCUT2D eigenvalue weighted by Crippen LogP contribution is 2.21. The van der Waals surface area contributed by atoms with E-state index >= 15 is 0 Å². The lowest BCUT2D eigenvalue weighted by Gasteiger charge is -2.35. The average Bonchev–Trinajstić information content (AvgIpc) is 3.28. The maximum absolute atomic E-state index is 12.9. The second-order valence-corrected chi connectivity index (χ2v) is 8.42. The van der Waals surface area contributed by atoms with Crippen molar-refractivity contribution in [3.05, 3.63) is 54.0 Å². The molecule has 0 aliphatic carbocycles. The van der Waals surface area contributed by atoms with Crippen molar-refractivity contribution < 1.29 is 22.4 Å². The summed E-state index contributed by atoms with van der Waals surface area (Å²) in [5, 5.41) is 11.7. The normalized spacial score (nSPS) is 16.1. The maximum atomic E-state index is 12.9. The lowest BCUT2D eigenvalue weighted by atomic mass is 10.2. The monoisotopic (exact) mass is 416 g/mol. The van der Waals surface area contributed by atoms with Crippen LogP contribution in [0.1, 0.15) is 23.0 Å². The van der Waals surface area contributed by atoms with Gasteiger partial charge < -0.3 is 14.6 Å². The fourth-order valence-corrected chi connectivity index (χ4v) is 4.65. The van der Waals surface area contributed by atoms with Crippen LogP contribution in [0.3, 0.4) is 0 Å². The number of piperazine rings is 1. The van der Waals surface area contributed by atoms with Crippen molar-refractivity contribution in [2.45, 2.75) is 17.9 Å². The number of hydrogen-bond donors (Lipinski definition) is 1. The molecule has 3 rings (SSSR count). The first-order chi connectivity index (χ1) is 13.8. The molecule has 1 fully saturated rings. The summed E-state index contributed by atoms with van der Waals surface area (Å²) in [5.41, 5.74) is 0.0836. The van der Waals surface area contributed by atoms with Crippen molar-refractivity contribution in [1.82, 2.24) is 14.5 Å². The number of benzene rings is 1. The van der Waals surface area contributed by atoms with Crippen LogP contribution in [0.25, 0.3) is 0 Å². The second kappa shape index (κ2) is 8.46. The molecule has 0 bridgehead atoms. The summed E-state index contributed by atoms with van der Waals surface area (Å²) in [6.45, 7) is 2.15. The van der Waals surface area contributed by atoms with Crippen LogP contribution in [0.5, 0.6) is 0 Å². The Morgan fingerprint density at radius 1 is 1.14 bits per heavy atom. The van der Waals surface area contributed by atoms with Crippen LogP contribution < -0.4 is 5.32 Å². The van der Waals surface area contributed by atoms with E-state index in [-0.39, 0.29) is 48.3 Å². The van der Waals surface area contributed by atoms with E-state index in [1.54, 1.807) is 25.1 Å². The van der Waals surface area contributed by atoms with E-state index < -0.39 is 22.0 Å². The minimum absolute atomic E-state index is 0.0404. The van der Waals surface area contributed by atoms with Gasteiger partial charge in [0.1, 0.15) is 12.1 Å². The fraction of sp³-hybridized carbons (Fsp3) is 0.316. The maximum Gasteiger partial charge on any atom is 0.287 e. The molecule has 0 spiro atoms. The Labute approximate surface area is 168 Å². The molecule has 1 aromatic carbocycles. The van der Waals surface area contributed by atoms with E-state index in [2.05, 4.69) is 5.32 Å². The molecule has 2 heterocycles. The third-order valence-electron chi connectivity index (χ3n) is 4.64. The largest absolute Gasteiger partial charge is 0.459 e. The third-order valence-corrected chi connectivity index (χ3v) is 6.60. The number of amides is 2. The molecule has 1 N–H and O–H groups in total. The number of nitrogens with zero attached hydrogens (tertiary/aromatic N) is 3. The molecule has 0 unspecified atom stereocenters. The van der Waals surface area contributed by atoms with Gasteiger partial charge in [0, 0.05) is 26.2 Å². The smallest absolute Gasteiger partial charge is 0.287 e. The molecule has 1 aliphatic heterocycles. The van der Waals surface area contributed by atoms with E-state index in [4.69, 9.17) is 9.68 Å². The fourth-order valence-electron chi connectivity index (χ4n) is 3.08. The lowest BCUT2D eigenvalue weighted by Crippen LogP contribution is -2.55. The number of hydrogen-bond acceptors (Lipinski definition) is 6. The molecule has 9 nitrogen and oxygen atoms in total. The zero-order chi connectivity index (χ0) is 21.0. The first-order valence-corrected chi connectivity index (χ1v) is 10.4. The molecule has 0 saturated carbocycles. The Morgan fingerprint density at radius 3 is 2.45 bits per heavy atom. The average molecular weight is 416 g/mol. The van der Waals surface area contributed by atoms with Crippen LogP contribution in [0.2, 0.25) is 0 Å². The number of furan rings is 1. The number of nitriles is 1. The first-order valence-electron chi connectivity index (χ1n) is 8.97. The predicted octanol–water partition coefficient (Wildman–Crippen LogP) is 0.803. The zero-order valence-electron chi connectivity index (χ0n) is 15.7. The standard InChI is InChI=1S/C19H20N4O5S/c1-14(21-18(24)16-6-4-12-28-16)19(25)22-8-10-23(11-9-22)29(26,27)17-7-3-2-5-15(17)13-20/h2-7,12,14H,8-11H2,1H3,(H,21,24)/t14-/m1/s1. The number of carbonyl (C=O) groups is 2. The Morgan fingerprint density at radius 2 is 1.83 bits per heavy atom. The first kappa shape index (κ1) is 20.6. The lowest BCUT2D eigenvalue weighted by molar-refractivity contribution is -0.134. The van der Waals surface area contributed by atoms with Crippen LogP contribution in [-0.2, 0) is 14.8 Å². The Bertz CT molecular complexity index is 1030. The summed E-state index contributed by atoms with van der Waals surface area (Å²) in [7, 11) is -3.83. The van der Waals surface area contributed by atoms with Crippen LogP contribution in [-0.4, -0.2) is 61.7 Å². The third kappa shape index (κ3) is 4.31. The van der Waals surface area contributed by atoms with Crippen molar-refractivity contribution in [2.24, 2.45) is 0 Å². The number of carbonyl (C=O) groups excluding carboxylic acids is 2. The predicted molar refractivity (Wildman–Crippen MR) is 102 cm³/mol. The summed E-state index contributed by atoms with van der Waals surface area (Å²) in [4.78, 5) is 26.1. The van der Waals surface area contributed by atoms with E-state index in [1.807, 2.05) is 6.07 Å². The van der Waals surface area contributed by atoms with Gasteiger partial charge in [0.15, 0.2) is 5.76 Å². The molecule has 0 radical (unpaired) electrons. The SMILES string of the molecule is C[C@@H](NC(=O)c1ccco1)C(=O)N1CCN(S(=O)(=O)c2ccccc2C#N)CC1. The van der Waals surface area contributed by atoms with Crippen molar-refractivity contribution in [3.8, 4) is 6.07 Å². The van der Waals surface area contributed by atoms with Gasteiger partial charge in [-0.1, -0.05) is 12.1 Å². The van der Waals surface area contributed by atoms with Gasteiger partial charge in [0.25, 0.3) is 5.91 Å². The quantitative estimate of drug-likeness (QED) is 0.769. The van der Waals surface area contributed by atoms with E-state index in [0.29, 0.717) is 0 Å². The minimum Gasteiger partial charge on any atom is -0.459 e. The van der Waals surface area contributed by atoms with Crippen molar-refractivity contribution in [2.75, 3.05) is 26.2 Å². The van der Waals surface area contributed by atoms with Gasteiger partial charge in [-0.3, -0.25) is 9.59 Å². The molecule has 29 heavy (non-hydrogen) atoms. The molecule has 1 aliphatic rings. The highest BCUT2D eigenvalue weighted by Gasteiger charge is 2.33. The summed E-state index contributed by atoms with van der Waals surface area (Å²) in [6.07, 6.45) is 1.37. The highest BCUT2D eigenvalue weighted by atomic mass is 32.2. The second-order valence-electron chi connectivity index (χ2n) is 6.51. The Balaban J connectivity index is 1.62. The summed E-state index contributed by atoms with van der Waals surface area (Å²) in [5.74, 6) is -0.693. The summed E-state index contributed by atoms with van der Waals surface area (Å²) in [6, 6.07) is 10.2. The van der Waals surface area contributed by atoms with Crippen LogP contribution in [0.15, 0.2) is 52.0 Å². The molecule has 1 atom stereocenters. The topological polar surface area (TPSA) is 124 Å². The molecular weight excluding hydrogens is 396 g/mol. The minimum atomic E-state index is -3.83. The number of nitrogens with one attached hydrogen (secondary N) is 1. The van der Waals surface area contributed by atoms with Crippen LogP contribution in [0.4, 0.5) is 0 Å². The van der Waals surface area contributed by atoms with Crippen LogP contribution in [0, 0.1) is 11.3 Å². The van der Waals surface area contributed by atoms with Gasteiger partial charge in [-0.15, -0.1) is 0 Å². The molecule has 10 heteroatoms. The Kier molecular flexibility index (Phi) is 6.00. The zero-order valence-corrected chi connectivity index (χ0v) is 16.6. The van der Waals surface area contributed by atoms with Gasteiger partial charge in [0.05, 0.1) is 16.7 Å². The molecular formula is C19H20N4O5S. The van der Waals surface area contributed by atoms with Crippen LogP contribution >= 0.6 is 0 Å². The molecule has 152 valence electrons. The highest BCUT2D eigenvalue weighted by molar-refractivity contribution is 7.89. The molecule has 2 aromatic rings. The Hall–Kier alpha value is -3.16. The van der Waals surface area contributed by atoms with E-state index in [0.717, 1.165) is 0 Å². The van der Waals surface area contributed by atoms with Gasteiger partial charge in [-0.2, -0.15) is 9.57 Å². The van der Waals surface area contributed by atoms with E-state index in [1.165, 1.54) is 33.7 Å². The van der Waals surface area contributed by atoms with Crippen molar-refractivity contribution >= 4 is 21.8 Å². The van der Waals surface area contributed by atoms with Gasteiger partial charge in [-0.05, 0) is 31.2 Å². The van der Waals surface area contributed by atoms with Gasteiger partial charge >= 0.3 is 0 Å². The van der Waals surface area contributed by atoms with Crippen molar-refractivity contribution in [3.63, 3.8) is 0 Å². The molecule has 1 aromatic heterocycles. The van der Waals surface area contributed by atoms with Crippen molar-refractivity contribution in [1.29, 1.82) is 5.26 Å². The van der Waals surface area contributed by atoms with Gasteiger partial charge in [-0.25, -0.2) is 8.42 Å². The number of sulfonamides is 1. The summed E-state index contributed by atoms with van der Waals surface area (Å²) < 4.78 is 32.0. The molecule has 2 amide bonds. The summed E-state index contributed by atoms with van der Waals surface area (Å²) >= 11 is 0.